The van der Waals surface area contributed by atoms with Crippen molar-refractivity contribution in [3.05, 3.63) is 85.5 Å². The molecular weight excluding hydrogens is 562 g/mol. The van der Waals surface area contributed by atoms with Crippen LogP contribution in [-0.4, -0.2) is 82.0 Å². The van der Waals surface area contributed by atoms with E-state index in [0.717, 1.165) is 18.4 Å². The molecule has 2 aromatic rings. The van der Waals surface area contributed by atoms with Crippen molar-refractivity contribution in [1.29, 1.82) is 0 Å². The van der Waals surface area contributed by atoms with Crippen molar-refractivity contribution in [2.45, 2.75) is 48.3 Å². The number of likely N-dealkylation sites (tertiary alicyclic amines) is 1. The van der Waals surface area contributed by atoms with Crippen LogP contribution in [0.15, 0.2) is 79.9 Å². The Morgan fingerprint density at radius 2 is 1.81 bits per heavy atom. The van der Waals surface area contributed by atoms with E-state index in [1.807, 2.05) is 49.4 Å². The van der Waals surface area contributed by atoms with Crippen LogP contribution in [0, 0.1) is 11.8 Å². The lowest BCUT2D eigenvalue weighted by Crippen LogP contribution is -2.56. The highest BCUT2D eigenvalue weighted by Gasteiger charge is 2.74. The summed E-state index contributed by atoms with van der Waals surface area (Å²) in [4.78, 5) is 48.8. The van der Waals surface area contributed by atoms with Gasteiger partial charge in [0, 0.05) is 30.6 Å². The van der Waals surface area contributed by atoms with E-state index in [-0.39, 0.29) is 36.1 Å². The molecule has 228 valence electrons. The number of benzene rings is 2. The van der Waals surface area contributed by atoms with Crippen molar-refractivity contribution in [2.75, 3.05) is 38.3 Å². The van der Waals surface area contributed by atoms with Crippen molar-refractivity contribution in [3.8, 4) is 5.75 Å². The fraction of sp³-hybridized carbons (Fsp3) is 0.441. The highest BCUT2D eigenvalue weighted by Crippen LogP contribution is 2.67. The zero-order valence-corrected chi connectivity index (χ0v) is 25.7. The highest BCUT2D eigenvalue weighted by molar-refractivity contribution is 8.02. The molecule has 2 unspecified atom stereocenters. The Hall–Kier alpha value is -3.56. The minimum absolute atomic E-state index is 0.0504. The van der Waals surface area contributed by atoms with E-state index in [0.29, 0.717) is 30.9 Å². The van der Waals surface area contributed by atoms with Crippen molar-refractivity contribution in [3.63, 3.8) is 0 Å². The van der Waals surface area contributed by atoms with E-state index in [1.165, 1.54) is 0 Å². The van der Waals surface area contributed by atoms with E-state index < -0.39 is 28.7 Å². The Kier molecular flexibility index (Phi) is 9.32. The summed E-state index contributed by atoms with van der Waals surface area (Å²) >= 11 is 1.63. The average Bonchev–Trinajstić information content (AvgIpc) is 3.68. The first-order chi connectivity index (χ1) is 20.9. The summed E-state index contributed by atoms with van der Waals surface area (Å²) in [5.74, 6) is -1.07. The molecule has 5 rings (SSSR count). The van der Waals surface area contributed by atoms with E-state index in [1.54, 1.807) is 57.9 Å². The maximum Gasteiger partial charge on any atom is 0.251 e. The largest absolute Gasteiger partial charge is 0.497 e. The number of fused-ring (bicyclic) bond motifs is 1. The predicted octanol–water partition coefficient (Wildman–Crippen LogP) is 4.46. The Bertz CT molecular complexity index is 1350. The fourth-order valence-electron chi connectivity index (χ4n) is 7.31. The molecule has 0 aromatic heterocycles. The number of amides is 3. The van der Waals surface area contributed by atoms with E-state index >= 15 is 0 Å². The van der Waals surface area contributed by atoms with E-state index in [9.17, 15) is 19.5 Å². The number of rotatable bonds is 13. The number of carbonyl (C=O) groups excluding carboxylic acids is 3. The summed E-state index contributed by atoms with van der Waals surface area (Å²) < 4.78 is 4.54. The topological polar surface area (TPSA) is 90.4 Å². The molecule has 6 atom stereocenters. The minimum Gasteiger partial charge on any atom is -0.497 e. The zero-order valence-electron chi connectivity index (χ0n) is 24.9. The van der Waals surface area contributed by atoms with Gasteiger partial charge in [0.1, 0.15) is 11.8 Å². The Labute approximate surface area is 258 Å². The molecule has 8 nitrogen and oxygen atoms in total. The second kappa shape index (κ2) is 13.0. The van der Waals surface area contributed by atoms with Gasteiger partial charge in [0.25, 0.3) is 5.91 Å². The van der Waals surface area contributed by atoms with Crippen LogP contribution in [-0.2, 0) is 14.4 Å². The maximum atomic E-state index is 14.9. The van der Waals surface area contributed by atoms with Gasteiger partial charge in [0.05, 0.1) is 36.3 Å². The van der Waals surface area contributed by atoms with Gasteiger partial charge in [-0.25, -0.2) is 0 Å². The van der Waals surface area contributed by atoms with Gasteiger partial charge in [-0.05, 0) is 49.1 Å². The molecule has 3 amide bonds. The SMILES string of the molecule is C=CCN(CCC)C(=O)[C@@H]1[C@H]2C(=O)N([C@H](CO)c3ccccc3)C(C(=O)N(CC=C)c3ccc(OC)cc3)C23CC[C@H]1S3. The number of aliphatic hydroxyl groups is 1. The molecule has 3 fully saturated rings. The first kappa shape index (κ1) is 30.9. The van der Waals surface area contributed by atoms with Crippen molar-refractivity contribution in [2.24, 2.45) is 11.8 Å². The van der Waals surface area contributed by atoms with Crippen LogP contribution < -0.4 is 9.64 Å². The standard InChI is InChI=1S/C34H41N3O5S/c1-5-19-35(20-6-2)31(39)28-27-17-18-34(43-27)29(28)32(40)37(26(22-38)23-11-9-8-10-12-23)30(34)33(41)36(21-7-3)24-13-15-25(42-4)16-14-24/h5,7-16,26-30,38H,1,3,6,17-22H2,2,4H3/t26-,27-,28+,29+,30?,34?/m1/s1. The molecule has 2 aromatic carbocycles. The van der Waals surface area contributed by atoms with Crippen LogP contribution >= 0.6 is 11.8 Å². The molecule has 2 bridgehead atoms. The van der Waals surface area contributed by atoms with Crippen LogP contribution in [0.3, 0.4) is 0 Å². The smallest absolute Gasteiger partial charge is 0.251 e. The first-order valence-electron chi connectivity index (χ1n) is 15.0. The van der Waals surface area contributed by atoms with Crippen LogP contribution in [0.4, 0.5) is 5.69 Å². The molecule has 3 saturated heterocycles. The number of aliphatic hydroxyl groups excluding tert-OH is 1. The lowest BCUT2D eigenvalue weighted by molar-refractivity contribution is -0.145. The summed E-state index contributed by atoms with van der Waals surface area (Å²) in [6.45, 7) is 10.6. The maximum absolute atomic E-state index is 14.9. The van der Waals surface area contributed by atoms with Crippen LogP contribution in [0.1, 0.15) is 37.8 Å². The number of hydrogen-bond acceptors (Lipinski definition) is 6. The number of anilines is 1. The monoisotopic (exact) mass is 603 g/mol. The minimum atomic E-state index is -0.878. The third-order valence-corrected chi connectivity index (χ3v) is 11.0. The van der Waals surface area contributed by atoms with Gasteiger partial charge in [-0.3, -0.25) is 14.4 Å². The molecule has 3 aliphatic heterocycles. The Balaban J connectivity index is 1.62. The van der Waals surface area contributed by atoms with Crippen LogP contribution in [0.2, 0.25) is 0 Å². The summed E-state index contributed by atoms with van der Waals surface area (Å²) in [6.07, 6.45) is 5.57. The zero-order chi connectivity index (χ0) is 30.7. The molecular formula is C34H41N3O5S. The van der Waals surface area contributed by atoms with Gasteiger partial charge in [-0.1, -0.05) is 49.4 Å². The third-order valence-electron chi connectivity index (χ3n) is 9.07. The molecule has 3 heterocycles. The lowest BCUT2D eigenvalue weighted by atomic mass is 9.70. The number of carbonyl (C=O) groups is 3. The van der Waals surface area contributed by atoms with Gasteiger partial charge in [-0.2, -0.15) is 0 Å². The van der Waals surface area contributed by atoms with Crippen LogP contribution in [0.5, 0.6) is 5.75 Å². The summed E-state index contributed by atoms with van der Waals surface area (Å²) in [6, 6.07) is 15.0. The second-order valence-corrected chi connectivity index (χ2v) is 13.0. The highest BCUT2D eigenvalue weighted by atomic mass is 32.2. The molecule has 9 heteroatoms. The van der Waals surface area contributed by atoms with Gasteiger partial charge in [0.15, 0.2) is 0 Å². The number of nitrogens with zero attached hydrogens (tertiary/aromatic N) is 3. The van der Waals surface area contributed by atoms with Gasteiger partial charge >= 0.3 is 0 Å². The normalized spacial score (nSPS) is 26.1. The molecule has 0 saturated carbocycles. The second-order valence-electron chi connectivity index (χ2n) is 11.4. The molecule has 3 aliphatic rings. The van der Waals surface area contributed by atoms with Crippen molar-refractivity contribution < 1.29 is 24.2 Å². The third kappa shape index (κ3) is 5.27. The Morgan fingerprint density at radius 3 is 2.42 bits per heavy atom. The average molecular weight is 604 g/mol. The number of hydrogen-bond donors (Lipinski definition) is 1. The van der Waals surface area contributed by atoms with E-state index in [2.05, 4.69) is 13.2 Å². The van der Waals surface area contributed by atoms with Gasteiger partial charge in [-0.15, -0.1) is 24.9 Å². The quantitative estimate of drug-likeness (QED) is 0.340. The predicted molar refractivity (Wildman–Crippen MR) is 170 cm³/mol. The van der Waals surface area contributed by atoms with Crippen molar-refractivity contribution >= 4 is 35.2 Å². The summed E-state index contributed by atoms with van der Waals surface area (Å²) in [7, 11) is 1.59. The fourth-order valence-corrected chi connectivity index (χ4v) is 9.50. The number of methoxy groups -OCH3 is 1. The molecule has 1 spiro atoms. The Morgan fingerprint density at radius 1 is 1.12 bits per heavy atom. The molecule has 1 N–H and O–H groups in total. The van der Waals surface area contributed by atoms with Gasteiger partial charge < -0.3 is 24.5 Å². The molecule has 0 radical (unpaired) electrons. The lowest BCUT2D eigenvalue weighted by Gasteiger charge is -2.39. The van der Waals surface area contributed by atoms with E-state index in [4.69, 9.17) is 4.74 Å². The number of thioether (sulfide) groups is 1. The van der Waals surface area contributed by atoms with Crippen LogP contribution in [0.25, 0.3) is 0 Å². The molecule has 43 heavy (non-hydrogen) atoms. The van der Waals surface area contributed by atoms with Crippen molar-refractivity contribution in [1.82, 2.24) is 9.80 Å². The summed E-state index contributed by atoms with van der Waals surface area (Å²) in [5.41, 5.74) is 1.40. The molecule has 0 aliphatic carbocycles. The summed E-state index contributed by atoms with van der Waals surface area (Å²) in [5, 5.41) is 10.7. The first-order valence-corrected chi connectivity index (χ1v) is 15.9. The number of ether oxygens (including phenoxy) is 1. The van der Waals surface area contributed by atoms with Gasteiger partial charge in [0.2, 0.25) is 11.8 Å².